The van der Waals surface area contributed by atoms with Gasteiger partial charge >= 0.3 is 0 Å². The molecular formula is C20H27F2N3O2. The quantitative estimate of drug-likeness (QED) is 0.826. The number of hydrogen-bond donors (Lipinski definition) is 1. The minimum absolute atomic E-state index is 0.0243. The lowest BCUT2D eigenvalue weighted by molar-refractivity contribution is -0.135. The Bertz CT molecular complexity index is 683. The summed E-state index contributed by atoms with van der Waals surface area (Å²) in [5.41, 5.74) is 0.525. The van der Waals surface area contributed by atoms with E-state index in [-0.39, 0.29) is 17.9 Å². The smallest absolute Gasteiger partial charge is 0.222 e. The molecule has 0 aromatic heterocycles. The predicted octanol–water partition coefficient (Wildman–Crippen LogP) is 3.16. The molecule has 5 nitrogen and oxygen atoms in total. The normalized spacial score (nSPS) is 20.7. The predicted molar refractivity (Wildman–Crippen MR) is 99.2 cm³/mol. The molecule has 1 atom stereocenters. The van der Waals surface area contributed by atoms with E-state index in [1.807, 2.05) is 9.80 Å². The summed E-state index contributed by atoms with van der Waals surface area (Å²) in [5, 5.41) is 3.19. The zero-order chi connectivity index (χ0) is 19.2. The largest absolute Gasteiger partial charge is 0.380 e. The van der Waals surface area contributed by atoms with Gasteiger partial charge in [0.2, 0.25) is 11.8 Å². The van der Waals surface area contributed by atoms with E-state index < -0.39 is 11.6 Å². The minimum Gasteiger partial charge on any atom is -0.380 e. The molecule has 27 heavy (non-hydrogen) atoms. The van der Waals surface area contributed by atoms with Gasteiger partial charge in [-0.1, -0.05) is 0 Å². The average Bonchev–Trinajstić information content (AvgIpc) is 2.66. The zero-order valence-electron chi connectivity index (χ0n) is 15.6. The van der Waals surface area contributed by atoms with Crippen LogP contribution in [0.3, 0.4) is 0 Å². The third kappa shape index (κ3) is 5.40. The number of anilines is 1. The van der Waals surface area contributed by atoms with Crippen LogP contribution in [0, 0.1) is 11.6 Å². The number of likely N-dealkylation sites (tertiary alicyclic amines) is 2. The highest BCUT2D eigenvalue weighted by Crippen LogP contribution is 2.19. The summed E-state index contributed by atoms with van der Waals surface area (Å²) in [6.45, 7) is 2.73. The molecule has 0 saturated carbocycles. The van der Waals surface area contributed by atoms with Gasteiger partial charge in [0, 0.05) is 56.8 Å². The molecule has 0 bridgehead atoms. The van der Waals surface area contributed by atoms with E-state index in [1.165, 1.54) is 6.07 Å². The molecule has 0 radical (unpaired) electrons. The van der Waals surface area contributed by atoms with Crippen LogP contribution in [0.15, 0.2) is 18.2 Å². The second kappa shape index (κ2) is 9.15. The van der Waals surface area contributed by atoms with Gasteiger partial charge < -0.3 is 15.1 Å². The van der Waals surface area contributed by atoms with E-state index in [0.29, 0.717) is 38.0 Å². The number of amides is 2. The van der Waals surface area contributed by atoms with Gasteiger partial charge in [0.1, 0.15) is 0 Å². The monoisotopic (exact) mass is 379 g/mol. The Labute approximate surface area is 158 Å². The molecule has 2 aliphatic heterocycles. The van der Waals surface area contributed by atoms with Crippen molar-refractivity contribution >= 4 is 17.5 Å². The summed E-state index contributed by atoms with van der Waals surface area (Å²) in [7, 11) is 0. The number of nitrogens with one attached hydrogen (secondary N) is 1. The standard InChI is InChI=1S/C20H27F2N3O2/c21-17-9-8-15(13-18(17)22)23-16-5-3-12-25(14-16)20(27)7-4-11-24-10-2-1-6-19(24)26/h8-9,13,16,23H,1-7,10-12,14H2/t16-/m0/s1. The van der Waals surface area contributed by atoms with Crippen molar-refractivity contribution in [3.8, 4) is 0 Å². The molecule has 2 aliphatic rings. The van der Waals surface area contributed by atoms with Crippen LogP contribution in [0.2, 0.25) is 0 Å². The van der Waals surface area contributed by atoms with Crippen molar-refractivity contribution in [1.29, 1.82) is 0 Å². The lowest BCUT2D eigenvalue weighted by atomic mass is 10.0. The molecule has 2 fully saturated rings. The van der Waals surface area contributed by atoms with Crippen LogP contribution in [0.5, 0.6) is 0 Å². The molecule has 2 saturated heterocycles. The Morgan fingerprint density at radius 1 is 1.15 bits per heavy atom. The first kappa shape index (κ1) is 19.6. The van der Waals surface area contributed by atoms with E-state index in [0.717, 1.165) is 50.9 Å². The first-order valence-electron chi connectivity index (χ1n) is 9.80. The topological polar surface area (TPSA) is 52.7 Å². The number of carbonyl (C=O) groups excluding carboxylic acids is 2. The van der Waals surface area contributed by atoms with Crippen LogP contribution in [-0.4, -0.2) is 53.8 Å². The van der Waals surface area contributed by atoms with Gasteiger partial charge in [-0.3, -0.25) is 9.59 Å². The van der Waals surface area contributed by atoms with Crippen molar-refractivity contribution in [3.05, 3.63) is 29.8 Å². The number of rotatable bonds is 6. The maximum atomic E-state index is 13.4. The molecule has 0 unspecified atom stereocenters. The fraction of sp³-hybridized carbons (Fsp3) is 0.600. The third-order valence-corrected chi connectivity index (χ3v) is 5.30. The van der Waals surface area contributed by atoms with Crippen LogP contribution in [0.1, 0.15) is 44.9 Å². The molecule has 0 spiro atoms. The molecule has 1 aromatic rings. The zero-order valence-corrected chi connectivity index (χ0v) is 15.6. The lowest BCUT2D eigenvalue weighted by Gasteiger charge is -2.34. The van der Waals surface area contributed by atoms with Gasteiger partial charge in [0.25, 0.3) is 0 Å². The van der Waals surface area contributed by atoms with Gasteiger partial charge in [-0.25, -0.2) is 8.78 Å². The molecule has 3 rings (SSSR count). The van der Waals surface area contributed by atoms with Gasteiger partial charge in [0.05, 0.1) is 0 Å². The van der Waals surface area contributed by atoms with Crippen molar-refractivity contribution in [2.24, 2.45) is 0 Å². The van der Waals surface area contributed by atoms with Crippen LogP contribution >= 0.6 is 0 Å². The highest BCUT2D eigenvalue weighted by Gasteiger charge is 2.24. The van der Waals surface area contributed by atoms with Crippen LogP contribution < -0.4 is 5.32 Å². The summed E-state index contributed by atoms with van der Waals surface area (Å²) in [4.78, 5) is 28.0. The summed E-state index contributed by atoms with van der Waals surface area (Å²) in [6.07, 6.45) is 5.50. The molecule has 2 heterocycles. The molecular weight excluding hydrogens is 352 g/mol. The molecule has 1 aromatic carbocycles. The van der Waals surface area contributed by atoms with Crippen molar-refractivity contribution in [1.82, 2.24) is 9.80 Å². The van der Waals surface area contributed by atoms with E-state index >= 15 is 0 Å². The Kier molecular flexibility index (Phi) is 6.63. The Morgan fingerprint density at radius 3 is 2.78 bits per heavy atom. The fourth-order valence-electron chi connectivity index (χ4n) is 3.82. The Hall–Kier alpha value is -2.18. The highest BCUT2D eigenvalue weighted by atomic mass is 19.2. The summed E-state index contributed by atoms with van der Waals surface area (Å²) in [6, 6.07) is 3.78. The van der Waals surface area contributed by atoms with E-state index in [4.69, 9.17) is 0 Å². The minimum atomic E-state index is -0.879. The maximum absolute atomic E-state index is 13.4. The van der Waals surface area contributed by atoms with Crippen molar-refractivity contribution in [2.45, 2.75) is 51.0 Å². The van der Waals surface area contributed by atoms with Crippen molar-refractivity contribution in [3.63, 3.8) is 0 Å². The lowest BCUT2D eigenvalue weighted by Crippen LogP contribution is -2.45. The van der Waals surface area contributed by atoms with Gasteiger partial charge in [-0.2, -0.15) is 0 Å². The SMILES string of the molecule is O=C1CCCCN1CCCC(=O)N1CCC[C@H](Nc2ccc(F)c(F)c2)C1. The summed E-state index contributed by atoms with van der Waals surface area (Å²) in [5.74, 6) is -1.46. The molecule has 148 valence electrons. The molecule has 7 heteroatoms. The van der Waals surface area contributed by atoms with Gasteiger partial charge in [-0.15, -0.1) is 0 Å². The second-order valence-corrected chi connectivity index (χ2v) is 7.39. The van der Waals surface area contributed by atoms with Crippen molar-refractivity contribution < 1.29 is 18.4 Å². The average molecular weight is 379 g/mol. The Morgan fingerprint density at radius 2 is 2.00 bits per heavy atom. The van der Waals surface area contributed by atoms with E-state index in [2.05, 4.69) is 5.32 Å². The number of halogens is 2. The second-order valence-electron chi connectivity index (χ2n) is 7.39. The molecule has 0 aliphatic carbocycles. The van der Waals surface area contributed by atoms with E-state index in [9.17, 15) is 18.4 Å². The number of nitrogens with zero attached hydrogens (tertiary/aromatic N) is 2. The number of piperidine rings is 2. The third-order valence-electron chi connectivity index (χ3n) is 5.30. The van der Waals surface area contributed by atoms with Crippen LogP contribution in [-0.2, 0) is 9.59 Å². The summed E-state index contributed by atoms with van der Waals surface area (Å²) < 4.78 is 26.4. The fourth-order valence-corrected chi connectivity index (χ4v) is 3.82. The van der Waals surface area contributed by atoms with Crippen molar-refractivity contribution in [2.75, 3.05) is 31.5 Å². The maximum Gasteiger partial charge on any atom is 0.222 e. The number of hydrogen-bond acceptors (Lipinski definition) is 3. The highest BCUT2D eigenvalue weighted by molar-refractivity contribution is 5.77. The van der Waals surface area contributed by atoms with Crippen LogP contribution in [0.4, 0.5) is 14.5 Å². The first-order valence-corrected chi connectivity index (χ1v) is 9.80. The molecule has 2 amide bonds. The number of carbonyl (C=O) groups is 2. The molecule has 1 N–H and O–H groups in total. The first-order chi connectivity index (χ1) is 13.0. The van der Waals surface area contributed by atoms with Gasteiger partial charge in [-0.05, 0) is 44.2 Å². The van der Waals surface area contributed by atoms with Crippen LogP contribution in [0.25, 0.3) is 0 Å². The summed E-state index contributed by atoms with van der Waals surface area (Å²) >= 11 is 0. The van der Waals surface area contributed by atoms with E-state index in [1.54, 1.807) is 0 Å². The van der Waals surface area contributed by atoms with Gasteiger partial charge in [0.15, 0.2) is 11.6 Å². The Balaban J connectivity index is 1.44. The number of benzene rings is 1.